The summed E-state index contributed by atoms with van der Waals surface area (Å²) in [4.78, 5) is 2.86. The van der Waals surface area contributed by atoms with E-state index in [4.69, 9.17) is 0 Å². The predicted molar refractivity (Wildman–Crippen MR) is 92.7 cm³/mol. The van der Waals surface area contributed by atoms with E-state index in [1.165, 1.54) is 71.0 Å². The Hall–Kier alpha value is -0.0800. The normalized spacial score (nSPS) is 28.1. The summed E-state index contributed by atoms with van der Waals surface area (Å²) in [6, 6.07) is 0.753. The van der Waals surface area contributed by atoms with E-state index in [1.807, 2.05) is 0 Å². The third-order valence-corrected chi connectivity index (χ3v) is 6.29. The van der Waals surface area contributed by atoms with Crippen molar-refractivity contribution >= 4 is 0 Å². The number of hydrogen-bond donors (Lipinski definition) is 1. The fourth-order valence-corrected chi connectivity index (χ4v) is 4.47. The van der Waals surface area contributed by atoms with Gasteiger partial charge in [-0.25, -0.2) is 0 Å². The maximum absolute atomic E-state index is 3.96. The van der Waals surface area contributed by atoms with Crippen LogP contribution in [-0.4, -0.2) is 36.1 Å². The van der Waals surface area contributed by atoms with Crippen molar-refractivity contribution in [2.75, 3.05) is 19.6 Å². The van der Waals surface area contributed by atoms with E-state index < -0.39 is 0 Å². The van der Waals surface area contributed by atoms with Gasteiger partial charge in [0.15, 0.2) is 0 Å². The minimum absolute atomic E-state index is 0.417. The summed E-state index contributed by atoms with van der Waals surface area (Å²) in [7, 11) is 0. The molecule has 1 saturated heterocycles. The van der Waals surface area contributed by atoms with Gasteiger partial charge in [-0.05, 0) is 50.5 Å². The smallest absolute Gasteiger partial charge is 0.0329 e. The Morgan fingerprint density at radius 3 is 2.33 bits per heavy atom. The van der Waals surface area contributed by atoms with Crippen LogP contribution in [0, 0.1) is 11.8 Å². The Balaban J connectivity index is 2.00. The Kier molecular flexibility index (Phi) is 6.55. The molecule has 0 bridgehead atoms. The monoisotopic (exact) mass is 294 g/mol. The highest BCUT2D eigenvalue weighted by molar-refractivity contribution is 4.99. The Morgan fingerprint density at radius 1 is 1.10 bits per heavy atom. The van der Waals surface area contributed by atoms with Crippen molar-refractivity contribution in [2.24, 2.45) is 11.8 Å². The van der Waals surface area contributed by atoms with Crippen molar-refractivity contribution in [2.45, 2.75) is 90.6 Å². The highest BCUT2D eigenvalue weighted by Crippen LogP contribution is 2.33. The lowest BCUT2D eigenvalue weighted by Gasteiger charge is -2.52. The SMILES string of the molecule is CCC1(CC)CNC(C2CCCCC2)CN1CCC(C)C. The number of piperazine rings is 1. The first-order valence-corrected chi connectivity index (χ1v) is 9.59. The van der Waals surface area contributed by atoms with E-state index in [2.05, 4.69) is 37.9 Å². The van der Waals surface area contributed by atoms with E-state index >= 15 is 0 Å². The highest BCUT2D eigenvalue weighted by atomic mass is 15.3. The molecule has 0 aromatic heterocycles. The fraction of sp³-hybridized carbons (Fsp3) is 1.00. The van der Waals surface area contributed by atoms with Crippen LogP contribution in [0.2, 0.25) is 0 Å². The van der Waals surface area contributed by atoms with Crippen LogP contribution in [0.15, 0.2) is 0 Å². The summed E-state index contributed by atoms with van der Waals surface area (Å²) >= 11 is 0. The van der Waals surface area contributed by atoms with Gasteiger partial charge in [0.1, 0.15) is 0 Å². The third kappa shape index (κ3) is 4.22. The molecule has 1 aliphatic carbocycles. The van der Waals surface area contributed by atoms with Gasteiger partial charge in [0.05, 0.1) is 0 Å². The van der Waals surface area contributed by atoms with Crippen LogP contribution in [0.5, 0.6) is 0 Å². The molecule has 2 nitrogen and oxygen atoms in total. The van der Waals surface area contributed by atoms with Gasteiger partial charge >= 0.3 is 0 Å². The van der Waals surface area contributed by atoms with Gasteiger partial charge in [-0.1, -0.05) is 47.0 Å². The Labute approximate surface area is 133 Å². The van der Waals surface area contributed by atoms with Gasteiger partial charge < -0.3 is 5.32 Å². The molecule has 1 aliphatic heterocycles. The lowest BCUT2D eigenvalue weighted by atomic mass is 9.79. The molecule has 2 rings (SSSR count). The average molecular weight is 295 g/mol. The zero-order valence-electron chi connectivity index (χ0n) is 15.0. The van der Waals surface area contributed by atoms with Crippen LogP contribution in [0.4, 0.5) is 0 Å². The quantitative estimate of drug-likeness (QED) is 0.779. The number of nitrogens with zero attached hydrogens (tertiary/aromatic N) is 1. The highest BCUT2D eigenvalue weighted by Gasteiger charge is 2.40. The molecule has 2 aliphatic rings. The lowest BCUT2D eigenvalue weighted by molar-refractivity contribution is 0.0116. The minimum atomic E-state index is 0.417. The molecule has 0 spiro atoms. The second kappa shape index (κ2) is 7.97. The van der Waals surface area contributed by atoms with E-state index in [0.29, 0.717) is 5.54 Å². The van der Waals surface area contributed by atoms with Crippen LogP contribution < -0.4 is 5.32 Å². The van der Waals surface area contributed by atoms with Crippen LogP contribution in [0.3, 0.4) is 0 Å². The molecular weight excluding hydrogens is 256 g/mol. The first kappa shape index (κ1) is 17.3. The second-order valence-corrected chi connectivity index (χ2v) is 7.95. The molecule has 124 valence electrons. The summed E-state index contributed by atoms with van der Waals surface area (Å²) in [5.41, 5.74) is 0.417. The summed E-state index contributed by atoms with van der Waals surface area (Å²) < 4.78 is 0. The predicted octanol–water partition coefficient (Wildman–Crippen LogP) is 4.45. The van der Waals surface area contributed by atoms with Gasteiger partial charge in [-0.2, -0.15) is 0 Å². The van der Waals surface area contributed by atoms with Gasteiger partial charge in [-0.3, -0.25) is 4.90 Å². The molecular formula is C19H38N2. The first-order chi connectivity index (χ1) is 10.1. The maximum Gasteiger partial charge on any atom is 0.0329 e. The number of nitrogens with one attached hydrogen (secondary N) is 1. The molecule has 1 N–H and O–H groups in total. The van der Waals surface area contributed by atoms with Crippen molar-refractivity contribution in [3.8, 4) is 0 Å². The number of rotatable bonds is 6. The standard InChI is InChI=1S/C19H38N2/c1-5-19(6-2)15-20-18(17-10-8-7-9-11-17)14-21(19)13-12-16(3)4/h16-18,20H,5-15H2,1-4H3. The molecule has 0 aromatic rings. The van der Waals surface area contributed by atoms with Gasteiger partial charge in [-0.15, -0.1) is 0 Å². The van der Waals surface area contributed by atoms with Crippen molar-refractivity contribution in [3.05, 3.63) is 0 Å². The van der Waals surface area contributed by atoms with Crippen molar-refractivity contribution in [1.29, 1.82) is 0 Å². The summed E-state index contributed by atoms with van der Waals surface area (Å²) in [5.74, 6) is 1.76. The minimum Gasteiger partial charge on any atom is -0.311 e. The zero-order chi connectivity index (χ0) is 15.3. The Bertz CT molecular complexity index is 290. The largest absolute Gasteiger partial charge is 0.311 e. The van der Waals surface area contributed by atoms with Crippen molar-refractivity contribution in [3.63, 3.8) is 0 Å². The summed E-state index contributed by atoms with van der Waals surface area (Å²) in [6.45, 7) is 13.3. The van der Waals surface area contributed by atoms with Gasteiger partial charge in [0.25, 0.3) is 0 Å². The molecule has 0 amide bonds. The van der Waals surface area contributed by atoms with E-state index in [1.54, 1.807) is 0 Å². The molecule has 1 heterocycles. The molecule has 1 atom stereocenters. The van der Waals surface area contributed by atoms with E-state index in [0.717, 1.165) is 17.9 Å². The van der Waals surface area contributed by atoms with Gasteiger partial charge in [0, 0.05) is 24.7 Å². The van der Waals surface area contributed by atoms with Gasteiger partial charge in [0.2, 0.25) is 0 Å². The first-order valence-electron chi connectivity index (χ1n) is 9.59. The third-order valence-electron chi connectivity index (χ3n) is 6.29. The molecule has 2 heteroatoms. The van der Waals surface area contributed by atoms with Crippen LogP contribution in [0.25, 0.3) is 0 Å². The molecule has 1 unspecified atom stereocenters. The Morgan fingerprint density at radius 2 is 1.76 bits per heavy atom. The summed E-state index contributed by atoms with van der Waals surface area (Å²) in [5, 5.41) is 3.96. The molecule has 1 saturated carbocycles. The van der Waals surface area contributed by atoms with Crippen LogP contribution >= 0.6 is 0 Å². The molecule has 21 heavy (non-hydrogen) atoms. The van der Waals surface area contributed by atoms with Crippen molar-refractivity contribution < 1.29 is 0 Å². The lowest BCUT2D eigenvalue weighted by Crippen LogP contribution is -2.65. The summed E-state index contributed by atoms with van der Waals surface area (Å²) in [6.07, 6.45) is 11.2. The molecule has 0 aromatic carbocycles. The van der Waals surface area contributed by atoms with Crippen molar-refractivity contribution in [1.82, 2.24) is 10.2 Å². The topological polar surface area (TPSA) is 15.3 Å². The number of hydrogen-bond acceptors (Lipinski definition) is 2. The van der Waals surface area contributed by atoms with Crippen LogP contribution in [-0.2, 0) is 0 Å². The second-order valence-electron chi connectivity index (χ2n) is 7.95. The molecule has 2 fully saturated rings. The fourth-order valence-electron chi connectivity index (χ4n) is 4.47. The van der Waals surface area contributed by atoms with E-state index in [9.17, 15) is 0 Å². The van der Waals surface area contributed by atoms with Crippen LogP contribution in [0.1, 0.15) is 79.1 Å². The molecule has 0 radical (unpaired) electrons. The average Bonchev–Trinajstić information content (AvgIpc) is 2.53. The zero-order valence-corrected chi connectivity index (χ0v) is 15.0. The maximum atomic E-state index is 3.96. The van der Waals surface area contributed by atoms with E-state index in [-0.39, 0.29) is 0 Å².